The number of methoxy groups -OCH3 is 2. The molecule has 0 aliphatic heterocycles. The Labute approximate surface area is 237 Å². The molecule has 0 spiro atoms. The lowest BCUT2D eigenvalue weighted by Gasteiger charge is -2.32. The summed E-state index contributed by atoms with van der Waals surface area (Å²) in [5.41, 5.74) is 1.78. The number of aryl methyl sites for hydroxylation is 1. The number of ether oxygens (including phenoxy) is 2. The highest BCUT2D eigenvalue weighted by atomic mass is 79.9. The van der Waals surface area contributed by atoms with E-state index in [1.807, 2.05) is 31.2 Å². The van der Waals surface area contributed by atoms with Crippen molar-refractivity contribution in [2.24, 2.45) is 0 Å². The van der Waals surface area contributed by atoms with Gasteiger partial charge in [0.2, 0.25) is 11.8 Å². The number of amides is 2. The Balaban J connectivity index is 2.12. The number of nitrogens with one attached hydrogen (secondary N) is 1. The first-order chi connectivity index (χ1) is 18.5. The monoisotopic (exact) mass is 617 g/mol. The molecule has 9 nitrogen and oxygen atoms in total. The van der Waals surface area contributed by atoms with Gasteiger partial charge >= 0.3 is 0 Å². The number of nitrogens with zero attached hydrogens (tertiary/aromatic N) is 2. The first kappa shape index (κ1) is 30.0. The third-order valence-corrected chi connectivity index (χ3v) is 8.53. The van der Waals surface area contributed by atoms with Crippen LogP contribution in [-0.2, 0) is 26.2 Å². The van der Waals surface area contributed by atoms with E-state index in [1.165, 1.54) is 44.4 Å². The summed E-state index contributed by atoms with van der Waals surface area (Å²) < 4.78 is 40.7. The van der Waals surface area contributed by atoms with Crippen molar-refractivity contribution in [2.75, 3.05) is 32.1 Å². The fourth-order valence-electron chi connectivity index (χ4n) is 3.92. The van der Waals surface area contributed by atoms with Gasteiger partial charge in [-0.3, -0.25) is 13.9 Å². The minimum atomic E-state index is -4.24. The zero-order chi connectivity index (χ0) is 28.7. The van der Waals surface area contributed by atoms with Gasteiger partial charge in [0.1, 0.15) is 24.1 Å². The van der Waals surface area contributed by atoms with Crippen molar-refractivity contribution in [2.45, 2.75) is 31.3 Å². The molecule has 0 aromatic heterocycles. The van der Waals surface area contributed by atoms with Crippen LogP contribution in [0.4, 0.5) is 5.69 Å². The molecule has 1 unspecified atom stereocenters. The van der Waals surface area contributed by atoms with Crippen LogP contribution in [0.5, 0.6) is 11.5 Å². The van der Waals surface area contributed by atoms with E-state index in [2.05, 4.69) is 21.2 Å². The highest BCUT2D eigenvalue weighted by Crippen LogP contribution is 2.36. The average molecular weight is 619 g/mol. The zero-order valence-electron chi connectivity index (χ0n) is 22.5. The molecule has 0 aliphatic rings. The van der Waals surface area contributed by atoms with Gasteiger partial charge in [0, 0.05) is 24.1 Å². The summed E-state index contributed by atoms with van der Waals surface area (Å²) in [7, 11) is 0.112. The maximum Gasteiger partial charge on any atom is 0.264 e. The molecule has 0 fully saturated rings. The van der Waals surface area contributed by atoms with Crippen molar-refractivity contribution in [3.63, 3.8) is 0 Å². The van der Waals surface area contributed by atoms with E-state index in [-0.39, 0.29) is 28.8 Å². The van der Waals surface area contributed by atoms with Gasteiger partial charge in [-0.15, -0.1) is 0 Å². The smallest absolute Gasteiger partial charge is 0.264 e. The summed E-state index contributed by atoms with van der Waals surface area (Å²) in [6.45, 7) is 2.95. The van der Waals surface area contributed by atoms with Gasteiger partial charge in [-0.2, -0.15) is 0 Å². The molecule has 11 heteroatoms. The number of halogens is 1. The first-order valence-electron chi connectivity index (χ1n) is 12.1. The predicted molar refractivity (Wildman–Crippen MR) is 153 cm³/mol. The molecular formula is C28H32BrN3O6S. The van der Waals surface area contributed by atoms with Gasteiger partial charge < -0.3 is 19.7 Å². The SMILES string of the molecule is CNC(=O)C(C)N(Cc1ccc(Br)cc1)C(=O)CN(c1cc(OC)ccc1OC)S(=O)(=O)c1ccc(C)cc1. The minimum Gasteiger partial charge on any atom is -0.497 e. The van der Waals surface area contributed by atoms with Gasteiger partial charge in [-0.1, -0.05) is 45.8 Å². The van der Waals surface area contributed by atoms with Crippen molar-refractivity contribution in [1.82, 2.24) is 10.2 Å². The molecule has 0 saturated carbocycles. The molecule has 2 amide bonds. The van der Waals surface area contributed by atoms with Gasteiger partial charge in [0.15, 0.2) is 0 Å². The molecule has 208 valence electrons. The van der Waals surface area contributed by atoms with E-state index >= 15 is 0 Å². The first-order valence-corrected chi connectivity index (χ1v) is 14.3. The standard InChI is InChI=1S/C28H32BrN3O6S/c1-19-6-13-24(14-7-19)39(35,36)32(25-16-23(37-4)12-15-26(25)38-5)18-27(33)31(20(2)28(34)30-3)17-21-8-10-22(29)11-9-21/h6-16,20H,17-18H2,1-5H3,(H,30,34). The van der Waals surface area contributed by atoms with E-state index in [4.69, 9.17) is 9.47 Å². The number of hydrogen-bond acceptors (Lipinski definition) is 6. The van der Waals surface area contributed by atoms with Crippen LogP contribution in [0, 0.1) is 6.92 Å². The molecule has 39 heavy (non-hydrogen) atoms. The Hall–Kier alpha value is -3.57. The van der Waals surface area contributed by atoms with Crippen LogP contribution in [0.1, 0.15) is 18.1 Å². The van der Waals surface area contributed by atoms with E-state index in [1.54, 1.807) is 31.2 Å². The Bertz CT molecular complexity index is 1410. The van der Waals surface area contributed by atoms with Crippen molar-refractivity contribution in [3.05, 3.63) is 82.3 Å². The van der Waals surface area contributed by atoms with Crippen molar-refractivity contribution >= 4 is 43.5 Å². The molecule has 3 rings (SSSR count). The molecule has 3 aromatic carbocycles. The summed E-state index contributed by atoms with van der Waals surface area (Å²) in [5.74, 6) is -0.340. The molecule has 0 heterocycles. The Kier molecular flexibility index (Phi) is 9.98. The molecule has 0 radical (unpaired) electrons. The number of anilines is 1. The predicted octanol–water partition coefficient (Wildman–Crippen LogP) is 4.13. The largest absolute Gasteiger partial charge is 0.497 e. The van der Waals surface area contributed by atoms with Crippen LogP contribution in [0.3, 0.4) is 0 Å². The fraction of sp³-hybridized carbons (Fsp3) is 0.286. The third kappa shape index (κ3) is 7.10. The van der Waals surface area contributed by atoms with Crippen molar-refractivity contribution in [1.29, 1.82) is 0 Å². The molecule has 0 saturated heterocycles. The summed E-state index contributed by atoms with van der Waals surface area (Å²) in [5, 5.41) is 2.57. The lowest BCUT2D eigenvalue weighted by molar-refractivity contribution is -0.139. The zero-order valence-corrected chi connectivity index (χ0v) is 24.9. The third-order valence-electron chi connectivity index (χ3n) is 6.22. The van der Waals surface area contributed by atoms with E-state index in [0.29, 0.717) is 5.75 Å². The van der Waals surface area contributed by atoms with Crippen molar-refractivity contribution < 1.29 is 27.5 Å². The number of rotatable bonds is 11. The van der Waals surface area contributed by atoms with E-state index in [0.717, 1.165) is 19.9 Å². The average Bonchev–Trinajstić information content (AvgIpc) is 2.94. The van der Waals surface area contributed by atoms with Crippen molar-refractivity contribution in [3.8, 4) is 11.5 Å². The molecule has 3 aromatic rings. The van der Waals surface area contributed by atoms with Crippen LogP contribution in [0.2, 0.25) is 0 Å². The fourth-order valence-corrected chi connectivity index (χ4v) is 5.60. The van der Waals surface area contributed by atoms with E-state index < -0.39 is 28.5 Å². The second kappa shape index (κ2) is 13.0. The Morgan fingerprint density at radius 2 is 1.62 bits per heavy atom. The maximum atomic E-state index is 14.0. The number of carbonyl (C=O) groups excluding carboxylic acids is 2. The number of benzene rings is 3. The summed E-state index contributed by atoms with van der Waals surface area (Å²) in [6.07, 6.45) is 0. The second-order valence-electron chi connectivity index (χ2n) is 8.80. The van der Waals surface area contributed by atoms with Crippen LogP contribution < -0.4 is 19.1 Å². The maximum absolute atomic E-state index is 14.0. The number of sulfonamides is 1. The topological polar surface area (TPSA) is 105 Å². The second-order valence-corrected chi connectivity index (χ2v) is 11.6. The lowest BCUT2D eigenvalue weighted by atomic mass is 10.1. The van der Waals surface area contributed by atoms with Gasteiger partial charge in [-0.25, -0.2) is 8.42 Å². The Morgan fingerprint density at radius 1 is 0.974 bits per heavy atom. The molecule has 0 aliphatic carbocycles. The Morgan fingerprint density at radius 3 is 2.18 bits per heavy atom. The van der Waals surface area contributed by atoms with E-state index in [9.17, 15) is 18.0 Å². The molecular weight excluding hydrogens is 586 g/mol. The molecule has 1 N–H and O–H groups in total. The number of hydrogen-bond donors (Lipinski definition) is 1. The van der Waals surface area contributed by atoms with Gasteiger partial charge in [-0.05, 0) is 55.8 Å². The normalized spacial score (nSPS) is 11.8. The highest BCUT2D eigenvalue weighted by Gasteiger charge is 2.34. The number of carbonyl (C=O) groups is 2. The summed E-state index contributed by atoms with van der Waals surface area (Å²) in [4.78, 5) is 27.9. The molecule has 0 bridgehead atoms. The van der Waals surface area contributed by atoms with Crippen LogP contribution in [-0.4, -0.2) is 59.0 Å². The summed E-state index contributed by atoms with van der Waals surface area (Å²) >= 11 is 3.40. The molecule has 1 atom stereocenters. The lowest BCUT2D eigenvalue weighted by Crippen LogP contribution is -2.50. The summed E-state index contributed by atoms with van der Waals surface area (Å²) in [6, 6.07) is 17.5. The van der Waals surface area contributed by atoms with Crippen LogP contribution >= 0.6 is 15.9 Å². The van der Waals surface area contributed by atoms with Crippen LogP contribution in [0.25, 0.3) is 0 Å². The van der Waals surface area contributed by atoms with Gasteiger partial charge in [0.05, 0.1) is 24.8 Å². The highest BCUT2D eigenvalue weighted by molar-refractivity contribution is 9.10. The quantitative estimate of drug-likeness (QED) is 0.347. The van der Waals surface area contributed by atoms with Gasteiger partial charge in [0.25, 0.3) is 10.0 Å². The minimum absolute atomic E-state index is 0.00424. The van der Waals surface area contributed by atoms with Crippen LogP contribution in [0.15, 0.2) is 76.1 Å². The number of likely N-dealkylation sites (N-methyl/N-ethyl adjacent to an activating group) is 1.